The van der Waals surface area contributed by atoms with Crippen molar-refractivity contribution in [2.75, 3.05) is 26.2 Å². The van der Waals surface area contributed by atoms with Crippen LogP contribution in [0.25, 0.3) is 0 Å². The van der Waals surface area contributed by atoms with Crippen molar-refractivity contribution in [1.29, 1.82) is 0 Å². The lowest BCUT2D eigenvalue weighted by Gasteiger charge is -2.32. The highest BCUT2D eigenvalue weighted by Crippen LogP contribution is 2.16. The molecule has 0 bridgehead atoms. The lowest BCUT2D eigenvalue weighted by molar-refractivity contribution is -0.133. The standard InChI is InChI=1S/C20H30N2O3.ClH/c1-2-16-4-6-17(7-5-16)19(23)8-9-20(24)22-13-10-18(11-14-22)25-15-3-12-21;/h4-7,18H,2-3,8-15,21H2,1H3;1H. The fourth-order valence-corrected chi connectivity index (χ4v) is 3.05. The molecule has 0 saturated carbocycles. The number of ether oxygens (including phenoxy) is 1. The summed E-state index contributed by atoms with van der Waals surface area (Å²) in [4.78, 5) is 26.4. The first-order valence-corrected chi connectivity index (χ1v) is 9.35. The number of carbonyl (C=O) groups is 2. The summed E-state index contributed by atoms with van der Waals surface area (Å²) in [6, 6.07) is 7.67. The molecule has 1 aliphatic heterocycles. The minimum Gasteiger partial charge on any atom is -0.378 e. The molecule has 1 aliphatic rings. The summed E-state index contributed by atoms with van der Waals surface area (Å²) in [5.41, 5.74) is 7.36. The van der Waals surface area contributed by atoms with Crippen LogP contribution in [0.2, 0.25) is 0 Å². The highest BCUT2D eigenvalue weighted by molar-refractivity contribution is 5.98. The van der Waals surface area contributed by atoms with Gasteiger partial charge < -0.3 is 15.4 Å². The Morgan fingerprint density at radius 3 is 2.38 bits per heavy atom. The number of carbonyl (C=O) groups excluding carboxylic acids is 2. The van der Waals surface area contributed by atoms with Gasteiger partial charge in [-0.15, -0.1) is 12.4 Å². The van der Waals surface area contributed by atoms with E-state index in [-0.39, 0.29) is 43.0 Å². The quantitative estimate of drug-likeness (QED) is 0.526. The first-order chi connectivity index (χ1) is 12.1. The molecule has 1 aromatic rings. The summed E-state index contributed by atoms with van der Waals surface area (Å²) in [6.07, 6.45) is 4.35. The number of halogens is 1. The van der Waals surface area contributed by atoms with Crippen LogP contribution < -0.4 is 5.73 Å². The van der Waals surface area contributed by atoms with Gasteiger partial charge in [0.2, 0.25) is 5.91 Å². The predicted octanol–water partition coefficient (Wildman–Crippen LogP) is 2.99. The third-order valence-electron chi connectivity index (χ3n) is 4.75. The number of aryl methyl sites for hydroxylation is 1. The first kappa shape index (κ1) is 22.6. The van der Waals surface area contributed by atoms with Crippen molar-refractivity contribution < 1.29 is 14.3 Å². The smallest absolute Gasteiger partial charge is 0.223 e. The number of rotatable bonds is 9. The van der Waals surface area contributed by atoms with Crippen LogP contribution in [0.1, 0.15) is 54.9 Å². The van der Waals surface area contributed by atoms with Crippen LogP contribution in [-0.2, 0) is 16.0 Å². The van der Waals surface area contributed by atoms with E-state index in [4.69, 9.17) is 10.5 Å². The molecule has 0 spiro atoms. The Kier molecular flexibility index (Phi) is 10.5. The summed E-state index contributed by atoms with van der Waals surface area (Å²) in [7, 11) is 0. The van der Waals surface area contributed by atoms with E-state index in [0.717, 1.165) is 25.7 Å². The maximum Gasteiger partial charge on any atom is 0.223 e. The van der Waals surface area contributed by atoms with E-state index in [1.54, 1.807) is 0 Å². The number of piperidine rings is 1. The van der Waals surface area contributed by atoms with Gasteiger partial charge >= 0.3 is 0 Å². The Balaban J connectivity index is 0.00000338. The Morgan fingerprint density at radius 1 is 1.15 bits per heavy atom. The number of hydrogen-bond acceptors (Lipinski definition) is 4. The van der Waals surface area contributed by atoms with Gasteiger partial charge in [-0.2, -0.15) is 0 Å². The van der Waals surface area contributed by atoms with Gasteiger partial charge in [0.05, 0.1) is 6.10 Å². The molecule has 1 heterocycles. The number of likely N-dealkylation sites (tertiary alicyclic amines) is 1. The third kappa shape index (κ3) is 7.06. The van der Waals surface area contributed by atoms with Crippen LogP contribution in [0.15, 0.2) is 24.3 Å². The minimum absolute atomic E-state index is 0. The second-order valence-electron chi connectivity index (χ2n) is 6.57. The minimum atomic E-state index is 0. The van der Waals surface area contributed by atoms with Crippen LogP contribution in [0.4, 0.5) is 0 Å². The second kappa shape index (κ2) is 12.0. The van der Waals surface area contributed by atoms with Crippen molar-refractivity contribution in [3.8, 4) is 0 Å². The summed E-state index contributed by atoms with van der Waals surface area (Å²) in [6.45, 7) is 4.85. The molecule has 0 unspecified atom stereocenters. The average molecular weight is 383 g/mol. The topological polar surface area (TPSA) is 72.6 Å². The van der Waals surface area contributed by atoms with Crippen LogP contribution in [0.3, 0.4) is 0 Å². The molecule has 0 radical (unpaired) electrons. The summed E-state index contributed by atoms with van der Waals surface area (Å²) < 4.78 is 5.75. The number of nitrogens with two attached hydrogens (primary N) is 1. The van der Waals surface area contributed by atoms with E-state index in [9.17, 15) is 9.59 Å². The lowest BCUT2D eigenvalue weighted by atomic mass is 10.0. The number of benzene rings is 1. The van der Waals surface area contributed by atoms with Gasteiger partial charge in [-0.3, -0.25) is 9.59 Å². The fraction of sp³-hybridized carbons (Fsp3) is 0.600. The number of ketones is 1. The fourth-order valence-electron chi connectivity index (χ4n) is 3.05. The Labute approximate surface area is 162 Å². The van der Waals surface area contributed by atoms with Crippen molar-refractivity contribution >= 4 is 24.1 Å². The molecule has 2 N–H and O–H groups in total. The van der Waals surface area contributed by atoms with E-state index >= 15 is 0 Å². The zero-order valence-electron chi connectivity index (χ0n) is 15.6. The van der Waals surface area contributed by atoms with Crippen LogP contribution in [-0.4, -0.2) is 48.9 Å². The number of hydrogen-bond donors (Lipinski definition) is 1. The zero-order chi connectivity index (χ0) is 18.1. The molecule has 0 atom stereocenters. The van der Waals surface area contributed by atoms with Crippen molar-refractivity contribution in [3.05, 3.63) is 35.4 Å². The van der Waals surface area contributed by atoms with Crippen molar-refractivity contribution in [1.82, 2.24) is 4.90 Å². The van der Waals surface area contributed by atoms with E-state index in [2.05, 4.69) is 6.92 Å². The summed E-state index contributed by atoms with van der Waals surface area (Å²) in [5.74, 6) is 0.106. The van der Waals surface area contributed by atoms with Gasteiger partial charge in [0.1, 0.15) is 0 Å². The van der Waals surface area contributed by atoms with E-state index in [1.165, 1.54) is 5.56 Å². The summed E-state index contributed by atoms with van der Waals surface area (Å²) in [5, 5.41) is 0. The van der Waals surface area contributed by atoms with Gasteiger partial charge in [-0.25, -0.2) is 0 Å². The molecular weight excluding hydrogens is 352 g/mol. The number of Topliss-reactive ketones (excluding diaryl/α,β-unsaturated/α-hetero) is 1. The normalized spacial score (nSPS) is 14.8. The SMILES string of the molecule is CCc1ccc(C(=O)CCC(=O)N2CCC(OCCCN)CC2)cc1.Cl. The Bertz CT molecular complexity index is 555. The second-order valence-corrected chi connectivity index (χ2v) is 6.57. The molecule has 1 amide bonds. The first-order valence-electron chi connectivity index (χ1n) is 9.35. The van der Waals surface area contributed by atoms with E-state index in [1.807, 2.05) is 29.2 Å². The molecule has 0 aromatic heterocycles. The average Bonchev–Trinajstić information content (AvgIpc) is 2.66. The molecule has 5 nitrogen and oxygen atoms in total. The highest BCUT2D eigenvalue weighted by atomic mass is 35.5. The summed E-state index contributed by atoms with van der Waals surface area (Å²) >= 11 is 0. The van der Waals surface area contributed by atoms with Crippen LogP contribution in [0.5, 0.6) is 0 Å². The van der Waals surface area contributed by atoms with Gasteiger partial charge in [0.25, 0.3) is 0 Å². The van der Waals surface area contributed by atoms with E-state index < -0.39 is 0 Å². The Morgan fingerprint density at radius 2 is 1.81 bits per heavy atom. The maximum atomic E-state index is 12.3. The number of nitrogens with zero attached hydrogens (tertiary/aromatic N) is 1. The van der Waals surface area contributed by atoms with Crippen molar-refractivity contribution in [2.45, 2.75) is 51.6 Å². The lowest BCUT2D eigenvalue weighted by Crippen LogP contribution is -2.41. The molecule has 1 fully saturated rings. The van der Waals surface area contributed by atoms with Gasteiger partial charge in [-0.05, 0) is 37.8 Å². The van der Waals surface area contributed by atoms with Crippen LogP contribution in [0, 0.1) is 0 Å². The molecule has 146 valence electrons. The number of amides is 1. The van der Waals surface area contributed by atoms with Gasteiger partial charge in [0, 0.05) is 38.1 Å². The maximum absolute atomic E-state index is 12.3. The molecule has 6 heteroatoms. The predicted molar refractivity (Wildman–Crippen MR) is 106 cm³/mol. The highest BCUT2D eigenvalue weighted by Gasteiger charge is 2.23. The molecule has 0 aliphatic carbocycles. The third-order valence-corrected chi connectivity index (χ3v) is 4.75. The van der Waals surface area contributed by atoms with Gasteiger partial charge in [0.15, 0.2) is 5.78 Å². The molecular formula is C20H31ClN2O3. The largest absolute Gasteiger partial charge is 0.378 e. The van der Waals surface area contributed by atoms with Gasteiger partial charge in [-0.1, -0.05) is 31.2 Å². The molecule has 26 heavy (non-hydrogen) atoms. The van der Waals surface area contributed by atoms with Crippen molar-refractivity contribution in [2.24, 2.45) is 5.73 Å². The molecule has 2 rings (SSSR count). The Hall–Kier alpha value is -1.43. The molecule has 1 aromatic carbocycles. The monoisotopic (exact) mass is 382 g/mol. The zero-order valence-corrected chi connectivity index (χ0v) is 16.4. The van der Waals surface area contributed by atoms with E-state index in [0.29, 0.717) is 31.8 Å². The van der Waals surface area contributed by atoms with Crippen molar-refractivity contribution in [3.63, 3.8) is 0 Å². The van der Waals surface area contributed by atoms with Crippen LogP contribution >= 0.6 is 12.4 Å². The molecule has 1 saturated heterocycles.